The zero-order valence-electron chi connectivity index (χ0n) is 20.5. The number of unbranched alkanes of at least 4 members (excludes halogenated alkanes) is 9. The fraction of sp³-hybridized carbons (Fsp3) is 0.483. The van der Waals surface area contributed by atoms with Gasteiger partial charge in [-0.2, -0.15) is 0 Å². The average molecular weight is 468 g/mol. The fourth-order valence-corrected chi connectivity index (χ4v) is 3.87. The zero-order valence-corrected chi connectivity index (χ0v) is 20.5. The number of aliphatic hydroxyl groups is 1. The lowest BCUT2D eigenvalue weighted by Gasteiger charge is -2.10. The summed E-state index contributed by atoms with van der Waals surface area (Å²) in [5.41, 5.74) is 7.47. The number of aromatic hydroxyl groups is 1. The number of ketones is 1. The maximum absolute atomic E-state index is 12.2. The number of hydrogen-bond acceptors (Lipinski definition) is 5. The van der Waals surface area contributed by atoms with E-state index < -0.39 is 6.29 Å². The van der Waals surface area contributed by atoms with Crippen LogP contribution in [0.1, 0.15) is 93.5 Å². The minimum Gasteiger partial charge on any atom is -0.506 e. The van der Waals surface area contributed by atoms with Gasteiger partial charge in [0.25, 0.3) is 0 Å². The third-order valence-electron chi connectivity index (χ3n) is 5.95. The number of allylic oxidation sites excluding steroid dienone is 1. The molecule has 0 saturated heterocycles. The highest BCUT2D eigenvalue weighted by atomic mass is 16.6. The topological polar surface area (TPSA) is 92.8 Å². The van der Waals surface area contributed by atoms with Crippen molar-refractivity contribution in [2.75, 3.05) is 5.73 Å². The Morgan fingerprint density at radius 3 is 2.18 bits per heavy atom. The van der Waals surface area contributed by atoms with Crippen molar-refractivity contribution >= 4 is 11.5 Å². The standard InChI is InChI=1S/C29H41NO4/c1-2-3-4-5-6-7-8-9-10-11-13-23-16-19-25(20-17-23)34-29(33)15-12-14-27(31)24-18-21-28(32)26(30)22-24/h12,15-22,29,32-33H,2-11,13-14,30H2,1H3. The second kappa shape index (κ2) is 15.9. The third kappa shape index (κ3) is 10.9. The van der Waals surface area contributed by atoms with Gasteiger partial charge in [-0.05, 0) is 54.8 Å². The Labute approximate surface area is 204 Å². The van der Waals surface area contributed by atoms with Gasteiger partial charge in [-0.25, -0.2) is 0 Å². The van der Waals surface area contributed by atoms with Gasteiger partial charge in [0.15, 0.2) is 5.78 Å². The maximum Gasteiger partial charge on any atom is 0.217 e. The minimum atomic E-state index is -1.13. The highest BCUT2D eigenvalue weighted by Gasteiger charge is 2.07. The highest BCUT2D eigenvalue weighted by Crippen LogP contribution is 2.21. The molecule has 0 bridgehead atoms. The molecule has 0 aliphatic carbocycles. The first-order chi connectivity index (χ1) is 16.5. The van der Waals surface area contributed by atoms with Crippen LogP contribution in [0.3, 0.4) is 0 Å². The molecule has 0 fully saturated rings. The summed E-state index contributed by atoms with van der Waals surface area (Å²) in [6.45, 7) is 2.26. The molecule has 5 nitrogen and oxygen atoms in total. The van der Waals surface area contributed by atoms with Crippen molar-refractivity contribution in [3.63, 3.8) is 0 Å². The monoisotopic (exact) mass is 467 g/mol. The van der Waals surface area contributed by atoms with E-state index in [0.29, 0.717) is 11.3 Å². The molecule has 4 N–H and O–H groups in total. The highest BCUT2D eigenvalue weighted by molar-refractivity contribution is 5.98. The quantitative estimate of drug-likeness (QED) is 0.0584. The first-order valence-corrected chi connectivity index (χ1v) is 12.7. The zero-order chi connectivity index (χ0) is 24.6. The van der Waals surface area contributed by atoms with Crippen LogP contribution in [0.5, 0.6) is 11.5 Å². The number of carbonyl (C=O) groups is 1. The smallest absolute Gasteiger partial charge is 0.217 e. The Hall–Kier alpha value is -2.79. The van der Waals surface area contributed by atoms with Crippen LogP contribution in [0.4, 0.5) is 5.69 Å². The van der Waals surface area contributed by atoms with Crippen LogP contribution in [0.15, 0.2) is 54.6 Å². The van der Waals surface area contributed by atoms with Crippen LogP contribution in [-0.4, -0.2) is 22.3 Å². The van der Waals surface area contributed by atoms with E-state index in [1.165, 1.54) is 94.0 Å². The van der Waals surface area contributed by atoms with E-state index in [1.807, 2.05) is 24.3 Å². The van der Waals surface area contributed by atoms with Crippen LogP contribution >= 0.6 is 0 Å². The molecule has 0 spiro atoms. The van der Waals surface area contributed by atoms with Crippen molar-refractivity contribution in [2.45, 2.75) is 90.3 Å². The summed E-state index contributed by atoms with van der Waals surface area (Å²) in [5.74, 6) is 0.374. The largest absolute Gasteiger partial charge is 0.506 e. The summed E-state index contributed by atoms with van der Waals surface area (Å²) in [4.78, 5) is 12.2. The van der Waals surface area contributed by atoms with Crippen LogP contribution in [0, 0.1) is 0 Å². The lowest BCUT2D eigenvalue weighted by molar-refractivity contribution is 0.0246. The summed E-state index contributed by atoms with van der Waals surface area (Å²) in [5, 5.41) is 19.5. The SMILES string of the molecule is CCCCCCCCCCCCc1ccc(OC(O)C=CCC(=O)c2ccc(O)c(N)c2)cc1. The molecule has 34 heavy (non-hydrogen) atoms. The molecule has 5 heteroatoms. The van der Waals surface area contributed by atoms with E-state index >= 15 is 0 Å². The van der Waals surface area contributed by atoms with E-state index in [4.69, 9.17) is 10.5 Å². The van der Waals surface area contributed by atoms with Crippen LogP contribution in [0.25, 0.3) is 0 Å². The molecule has 2 aromatic carbocycles. The second-order valence-electron chi connectivity index (χ2n) is 8.91. The Bertz CT molecular complexity index is 876. The number of nitrogen functional groups attached to an aromatic ring is 1. The predicted octanol–water partition coefficient (Wildman–Crippen LogP) is 6.96. The molecular weight excluding hydrogens is 426 g/mol. The number of phenols is 1. The Morgan fingerprint density at radius 2 is 1.56 bits per heavy atom. The minimum absolute atomic E-state index is 0.0505. The normalized spacial score (nSPS) is 12.2. The van der Waals surface area contributed by atoms with Crippen molar-refractivity contribution < 1.29 is 19.7 Å². The number of nitrogens with two attached hydrogens (primary N) is 1. The van der Waals surface area contributed by atoms with Gasteiger partial charge in [0.05, 0.1) is 5.69 Å². The molecule has 2 rings (SSSR count). The first-order valence-electron chi connectivity index (χ1n) is 12.7. The number of phenolic OH excluding ortho intramolecular Hbond substituents is 1. The number of ether oxygens (including phenoxy) is 1. The average Bonchev–Trinajstić information content (AvgIpc) is 2.83. The number of aliphatic hydroxyl groups excluding tert-OH is 1. The van der Waals surface area contributed by atoms with E-state index in [1.54, 1.807) is 6.08 Å². The first kappa shape index (κ1) is 27.5. The van der Waals surface area contributed by atoms with E-state index in [9.17, 15) is 15.0 Å². The van der Waals surface area contributed by atoms with Crippen molar-refractivity contribution in [3.8, 4) is 11.5 Å². The number of aryl methyl sites for hydroxylation is 1. The molecule has 0 radical (unpaired) electrons. The van der Waals surface area contributed by atoms with Gasteiger partial charge in [-0.3, -0.25) is 4.79 Å². The number of anilines is 1. The fourth-order valence-electron chi connectivity index (χ4n) is 3.87. The summed E-state index contributed by atoms with van der Waals surface area (Å²) in [6.07, 6.45) is 16.4. The van der Waals surface area contributed by atoms with Crippen molar-refractivity contribution in [1.82, 2.24) is 0 Å². The molecule has 1 unspecified atom stereocenters. The Kier molecular flexibility index (Phi) is 12.9. The molecule has 0 saturated carbocycles. The van der Waals surface area contributed by atoms with Gasteiger partial charge in [0.2, 0.25) is 6.29 Å². The van der Waals surface area contributed by atoms with Crippen molar-refractivity contribution in [2.24, 2.45) is 0 Å². The van der Waals surface area contributed by atoms with Gasteiger partial charge < -0.3 is 20.7 Å². The third-order valence-corrected chi connectivity index (χ3v) is 5.95. The summed E-state index contributed by atoms with van der Waals surface area (Å²) >= 11 is 0. The summed E-state index contributed by atoms with van der Waals surface area (Å²) in [7, 11) is 0. The van der Waals surface area contributed by atoms with Crippen LogP contribution < -0.4 is 10.5 Å². The molecule has 1 atom stereocenters. The van der Waals surface area contributed by atoms with Gasteiger partial charge in [-0.1, -0.05) is 82.9 Å². The number of rotatable bonds is 17. The van der Waals surface area contributed by atoms with Gasteiger partial charge in [0.1, 0.15) is 11.5 Å². The number of hydrogen-bond donors (Lipinski definition) is 3. The molecular formula is C29H41NO4. The molecule has 0 amide bonds. The lowest BCUT2D eigenvalue weighted by atomic mass is 10.0. The molecule has 0 heterocycles. The van der Waals surface area contributed by atoms with Crippen molar-refractivity contribution in [1.29, 1.82) is 0 Å². The van der Waals surface area contributed by atoms with Crippen LogP contribution in [0.2, 0.25) is 0 Å². The molecule has 0 aromatic heterocycles. The number of Topliss-reactive ketones (excluding diaryl/α,β-unsaturated/α-hetero) is 1. The van der Waals surface area contributed by atoms with Crippen LogP contribution in [-0.2, 0) is 6.42 Å². The van der Waals surface area contributed by atoms with Gasteiger partial charge in [-0.15, -0.1) is 0 Å². The second-order valence-corrected chi connectivity index (χ2v) is 8.91. The molecule has 186 valence electrons. The summed E-state index contributed by atoms with van der Waals surface area (Å²) < 4.78 is 5.50. The summed E-state index contributed by atoms with van der Waals surface area (Å²) in [6, 6.07) is 12.2. The maximum atomic E-state index is 12.2. The molecule has 0 aliphatic heterocycles. The van der Waals surface area contributed by atoms with Gasteiger partial charge >= 0.3 is 0 Å². The van der Waals surface area contributed by atoms with E-state index in [-0.39, 0.29) is 23.6 Å². The Morgan fingerprint density at radius 1 is 0.941 bits per heavy atom. The Balaban J connectivity index is 1.61. The number of benzene rings is 2. The van der Waals surface area contributed by atoms with Gasteiger partial charge in [0, 0.05) is 12.0 Å². The van der Waals surface area contributed by atoms with Crippen molar-refractivity contribution in [3.05, 3.63) is 65.7 Å². The predicted molar refractivity (Wildman–Crippen MR) is 139 cm³/mol. The molecule has 0 aliphatic rings. The molecule has 2 aromatic rings. The van der Waals surface area contributed by atoms with E-state index in [2.05, 4.69) is 6.92 Å². The lowest BCUT2D eigenvalue weighted by Crippen LogP contribution is -2.12. The number of carbonyl (C=O) groups excluding carboxylic acids is 1. The van der Waals surface area contributed by atoms with E-state index in [0.717, 1.165) is 6.42 Å².